The van der Waals surface area contributed by atoms with Gasteiger partial charge in [0, 0.05) is 11.8 Å². The Labute approximate surface area is 152 Å². The van der Waals surface area contributed by atoms with Crippen molar-refractivity contribution >= 4 is 28.7 Å². The van der Waals surface area contributed by atoms with E-state index in [-0.39, 0.29) is 0 Å². The number of hydrogen-bond acceptors (Lipinski definition) is 7. The van der Waals surface area contributed by atoms with Crippen LogP contribution in [0.2, 0.25) is 0 Å². The lowest BCUT2D eigenvalue weighted by molar-refractivity contribution is 0.405. The van der Waals surface area contributed by atoms with Crippen molar-refractivity contribution < 1.29 is 9.47 Å². The number of benzene rings is 2. The van der Waals surface area contributed by atoms with E-state index in [1.807, 2.05) is 49.4 Å². The monoisotopic (exact) mass is 351 g/mol. The Morgan fingerprint density at radius 2 is 1.69 bits per heavy atom. The highest BCUT2D eigenvalue weighted by Gasteiger charge is 2.12. The number of hydrogen-bond donors (Lipinski definition) is 3. The second-order valence-corrected chi connectivity index (χ2v) is 5.67. The zero-order valence-corrected chi connectivity index (χ0v) is 14.9. The molecule has 3 aromatic rings. The summed E-state index contributed by atoms with van der Waals surface area (Å²) in [4.78, 5) is 8.48. The number of nitrogens with one attached hydrogen (secondary N) is 2. The van der Waals surface area contributed by atoms with Crippen molar-refractivity contribution in [2.45, 2.75) is 6.92 Å². The number of nitrogens with two attached hydrogens (primary N) is 1. The van der Waals surface area contributed by atoms with Crippen LogP contribution in [0.1, 0.15) is 5.56 Å². The summed E-state index contributed by atoms with van der Waals surface area (Å²) in [6, 6.07) is 13.4. The van der Waals surface area contributed by atoms with E-state index in [2.05, 4.69) is 20.6 Å². The van der Waals surface area contributed by atoms with Crippen LogP contribution in [0.4, 0.5) is 28.7 Å². The first-order valence-electron chi connectivity index (χ1n) is 8.04. The van der Waals surface area contributed by atoms with Crippen LogP contribution < -0.4 is 25.8 Å². The van der Waals surface area contributed by atoms with E-state index in [4.69, 9.17) is 15.2 Å². The molecule has 2 aromatic carbocycles. The number of aryl methyl sites for hydroxylation is 1. The molecule has 0 aliphatic carbocycles. The van der Waals surface area contributed by atoms with Gasteiger partial charge in [-0.2, -0.15) is 0 Å². The summed E-state index contributed by atoms with van der Waals surface area (Å²) in [5, 5.41) is 6.40. The molecule has 26 heavy (non-hydrogen) atoms. The molecule has 0 saturated heterocycles. The highest BCUT2D eigenvalue weighted by atomic mass is 16.5. The van der Waals surface area contributed by atoms with Crippen molar-refractivity contribution in [2.24, 2.45) is 0 Å². The number of anilines is 5. The van der Waals surface area contributed by atoms with Gasteiger partial charge in [-0.3, -0.25) is 0 Å². The van der Waals surface area contributed by atoms with Crippen molar-refractivity contribution in [3.63, 3.8) is 0 Å². The molecular weight excluding hydrogens is 330 g/mol. The van der Waals surface area contributed by atoms with Gasteiger partial charge >= 0.3 is 0 Å². The summed E-state index contributed by atoms with van der Waals surface area (Å²) in [6.07, 6.45) is 1.45. The van der Waals surface area contributed by atoms with Gasteiger partial charge < -0.3 is 25.8 Å². The van der Waals surface area contributed by atoms with Gasteiger partial charge in [0.15, 0.2) is 11.6 Å². The van der Waals surface area contributed by atoms with Crippen LogP contribution >= 0.6 is 0 Å². The lowest BCUT2D eigenvalue weighted by Crippen LogP contribution is -2.06. The first-order valence-corrected chi connectivity index (χ1v) is 8.04. The van der Waals surface area contributed by atoms with Crippen LogP contribution in [-0.2, 0) is 0 Å². The number of nitrogen functional groups attached to an aromatic ring is 1. The average molecular weight is 351 g/mol. The molecule has 7 heteroatoms. The van der Waals surface area contributed by atoms with Gasteiger partial charge in [0.2, 0.25) is 0 Å². The third-order valence-electron chi connectivity index (χ3n) is 3.82. The zero-order chi connectivity index (χ0) is 18.5. The second kappa shape index (κ2) is 7.60. The summed E-state index contributed by atoms with van der Waals surface area (Å²) < 4.78 is 10.6. The molecule has 3 rings (SSSR count). The largest absolute Gasteiger partial charge is 0.497 e. The molecular formula is C19H21N5O2. The highest BCUT2D eigenvalue weighted by Crippen LogP contribution is 2.34. The maximum Gasteiger partial charge on any atom is 0.159 e. The Morgan fingerprint density at radius 3 is 2.38 bits per heavy atom. The van der Waals surface area contributed by atoms with E-state index in [1.54, 1.807) is 14.2 Å². The Morgan fingerprint density at radius 1 is 0.923 bits per heavy atom. The van der Waals surface area contributed by atoms with Gasteiger partial charge in [0.05, 0.1) is 19.9 Å². The number of rotatable bonds is 6. The SMILES string of the molecule is COc1ccc(OC)c(Nc2ncnc(Nc3cccc(C)c3)c2N)c1. The van der Waals surface area contributed by atoms with Crippen molar-refractivity contribution in [3.8, 4) is 11.5 Å². The summed E-state index contributed by atoms with van der Waals surface area (Å²) in [6.45, 7) is 2.02. The molecule has 0 fully saturated rings. The van der Waals surface area contributed by atoms with E-state index in [0.717, 1.165) is 11.3 Å². The molecule has 0 bridgehead atoms. The smallest absolute Gasteiger partial charge is 0.159 e. The van der Waals surface area contributed by atoms with E-state index in [9.17, 15) is 0 Å². The standard InChI is InChI=1S/C19H21N5O2/c1-12-5-4-6-13(9-12)23-18-17(20)19(22-11-21-18)24-15-10-14(25-2)7-8-16(15)26-3/h4-11H,20H2,1-3H3,(H2,21,22,23,24). The Hall–Kier alpha value is -3.48. The minimum Gasteiger partial charge on any atom is -0.497 e. The summed E-state index contributed by atoms with van der Waals surface area (Å²) >= 11 is 0. The van der Waals surface area contributed by atoms with Gasteiger partial charge in [-0.1, -0.05) is 12.1 Å². The number of ether oxygens (including phenoxy) is 2. The van der Waals surface area contributed by atoms with Crippen molar-refractivity contribution in [3.05, 3.63) is 54.4 Å². The Balaban J connectivity index is 1.90. The molecule has 0 atom stereocenters. The van der Waals surface area contributed by atoms with Gasteiger partial charge in [-0.05, 0) is 36.8 Å². The van der Waals surface area contributed by atoms with Gasteiger partial charge in [0.1, 0.15) is 23.5 Å². The molecule has 4 N–H and O–H groups in total. The predicted octanol–water partition coefficient (Wildman–Crippen LogP) is 3.87. The van der Waals surface area contributed by atoms with Gasteiger partial charge in [0.25, 0.3) is 0 Å². The van der Waals surface area contributed by atoms with E-state index in [0.29, 0.717) is 34.5 Å². The van der Waals surface area contributed by atoms with Crippen LogP contribution in [0.15, 0.2) is 48.8 Å². The zero-order valence-electron chi connectivity index (χ0n) is 14.9. The highest BCUT2D eigenvalue weighted by molar-refractivity contribution is 5.81. The average Bonchev–Trinajstić information content (AvgIpc) is 2.65. The number of methoxy groups -OCH3 is 2. The molecule has 0 unspecified atom stereocenters. The topological polar surface area (TPSA) is 94.3 Å². The van der Waals surface area contributed by atoms with E-state index in [1.165, 1.54) is 6.33 Å². The number of nitrogens with zero attached hydrogens (tertiary/aromatic N) is 2. The molecule has 0 aliphatic heterocycles. The Kier molecular flexibility index (Phi) is 5.07. The molecule has 7 nitrogen and oxygen atoms in total. The fraction of sp³-hybridized carbons (Fsp3) is 0.158. The van der Waals surface area contributed by atoms with Crippen LogP contribution in [0, 0.1) is 6.92 Å². The third kappa shape index (κ3) is 3.77. The first-order chi connectivity index (χ1) is 12.6. The van der Waals surface area contributed by atoms with Crippen LogP contribution in [0.25, 0.3) is 0 Å². The quantitative estimate of drug-likeness (QED) is 0.620. The van der Waals surface area contributed by atoms with E-state index < -0.39 is 0 Å². The molecule has 0 aliphatic rings. The summed E-state index contributed by atoms with van der Waals surface area (Å²) in [7, 11) is 3.20. The molecule has 134 valence electrons. The fourth-order valence-electron chi connectivity index (χ4n) is 2.49. The molecule has 0 amide bonds. The van der Waals surface area contributed by atoms with Crippen molar-refractivity contribution in [2.75, 3.05) is 30.6 Å². The minimum atomic E-state index is 0.402. The van der Waals surface area contributed by atoms with Gasteiger partial charge in [-0.15, -0.1) is 0 Å². The van der Waals surface area contributed by atoms with Crippen LogP contribution in [0.5, 0.6) is 11.5 Å². The van der Waals surface area contributed by atoms with Gasteiger partial charge in [-0.25, -0.2) is 9.97 Å². The molecule has 0 saturated carbocycles. The lowest BCUT2D eigenvalue weighted by Gasteiger charge is -2.15. The fourth-order valence-corrected chi connectivity index (χ4v) is 2.49. The lowest BCUT2D eigenvalue weighted by atomic mass is 10.2. The number of aromatic nitrogens is 2. The van der Waals surface area contributed by atoms with Crippen molar-refractivity contribution in [1.82, 2.24) is 9.97 Å². The van der Waals surface area contributed by atoms with Crippen LogP contribution in [0.3, 0.4) is 0 Å². The minimum absolute atomic E-state index is 0.402. The molecule has 0 spiro atoms. The molecule has 1 heterocycles. The summed E-state index contributed by atoms with van der Waals surface area (Å²) in [5.41, 5.74) is 9.40. The van der Waals surface area contributed by atoms with Crippen molar-refractivity contribution in [1.29, 1.82) is 0 Å². The Bertz CT molecular complexity index is 914. The maximum atomic E-state index is 6.26. The first kappa shape index (κ1) is 17.3. The third-order valence-corrected chi connectivity index (χ3v) is 3.82. The molecule has 1 aromatic heterocycles. The maximum absolute atomic E-state index is 6.26. The predicted molar refractivity (Wildman–Crippen MR) is 104 cm³/mol. The molecule has 0 radical (unpaired) electrons. The second-order valence-electron chi connectivity index (χ2n) is 5.67. The normalized spacial score (nSPS) is 10.3. The van der Waals surface area contributed by atoms with E-state index >= 15 is 0 Å². The van der Waals surface area contributed by atoms with Crippen LogP contribution in [-0.4, -0.2) is 24.2 Å². The summed E-state index contributed by atoms with van der Waals surface area (Å²) in [5.74, 6) is 2.34.